The van der Waals surface area contributed by atoms with E-state index in [4.69, 9.17) is 4.74 Å². The summed E-state index contributed by atoms with van der Waals surface area (Å²) in [5.41, 5.74) is 2.03. The standard InChI is InChI=1S/C15H13N5O3/c1-10-5-13(8-17-15(10)20(21)22)23-12-3-4-16-14(6-12)11-7-18-19(2)9-11/h3-9H,1-2H3. The average Bonchev–Trinajstić information content (AvgIpc) is 2.94. The summed E-state index contributed by atoms with van der Waals surface area (Å²) >= 11 is 0. The maximum absolute atomic E-state index is 10.8. The molecule has 0 saturated heterocycles. The van der Waals surface area contributed by atoms with E-state index in [9.17, 15) is 10.1 Å². The monoisotopic (exact) mass is 311 g/mol. The second-order valence-electron chi connectivity index (χ2n) is 4.95. The van der Waals surface area contributed by atoms with Crippen LogP contribution in [0.5, 0.6) is 11.5 Å². The van der Waals surface area contributed by atoms with Crippen LogP contribution < -0.4 is 4.74 Å². The second-order valence-corrected chi connectivity index (χ2v) is 4.95. The van der Waals surface area contributed by atoms with Crippen molar-refractivity contribution >= 4 is 5.82 Å². The van der Waals surface area contributed by atoms with Crippen molar-refractivity contribution in [1.29, 1.82) is 0 Å². The van der Waals surface area contributed by atoms with Gasteiger partial charge in [-0.25, -0.2) is 0 Å². The number of aromatic nitrogens is 4. The number of aryl methyl sites for hydroxylation is 2. The molecule has 0 aliphatic carbocycles. The molecule has 3 aromatic heterocycles. The Balaban J connectivity index is 1.86. The van der Waals surface area contributed by atoms with Gasteiger partial charge in [0.25, 0.3) is 0 Å². The summed E-state index contributed by atoms with van der Waals surface area (Å²) in [7, 11) is 1.83. The van der Waals surface area contributed by atoms with Gasteiger partial charge in [0.15, 0.2) is 11.9 Å². The summed E-state index contributed by atoms with van der Waals surface area (Å²) in [4.78, 5) is 18.3. The minimum absolute atomic E-state index is 0.178. The predicted octanol–water partition coefficient (Wildman–Crippen LogP) is 2.89. The number of hydrogen-bond donors (Lipinski definition) is 0. The predicted molar refractivity (Wildman–Crippen MR) is 82.1 cm³/mol. The Kier molecular flexibility index (Phi) is 3.71. The van der Waals surface area contributed by atoms with Gasteiger partial charge in [-0.05, 0) is 29.0 Å². The van der Waals surface area contributed by atoms with Gasteiger partial charge in [0.1, 0.15) is 5.75 Å². The molecular formula is C15H13N5O3. The highest BCUT2D eigenvalue weighted by Gasteiger charge is 2.14. The Morgan fingerprint density at radius 3 is 2.70 bits per heavy atom. The third-order valence-electron chi connectivity index (χ3n) is 3.17. The zero-order chi connectivity index (χ0) is 16.4. The first-order valence-electron chi connectivity index (χ1n) is 6.77. The summed E-state index contributed by atoms with van der Waals surface area (Å²) in [6.07, 6.45) is 6.52. The van der Waals surface area contributed by atoms with Crippen molar-refractivity contribution in [2.45, 2.75) is 6.92 Å². The van der Waals surface area contributed by atoms with Crippen LogP contribution in [0.15, 0.2) is 43.0 Å². The molecule has 8 nitrogen and oxygen atoms in total. The van der Waals surface area contributed by atoms with Crippen molar-refractivity contribution in [3.8, 4) is 22.8 Å². The molecule has 116 valence electrons. The summed E-state index contributed by atoms with van der Waals surface area (Å²) in [6, 6.07) is 5.06. The Morgan fingerprint density at radius 2 is 2.04 bits per heavy atom. The molecule has 3 rings (SSSR count). The van der Waals surface area contributed by atoms with E-state index >= 15 is 0 Å². The Morgan fingerprint density at radius 1 is 1.22 bits per heavy atom. The molecule has 0 spiro atoms. The van der Waals surface area contributed by atoms with Crippen molar-refractivity contribution < 1.29 is 9.66 Å². The first-order valence-corrected chi connectivity index (χ1v) is 6.77. The molecule has 3 heterocycles. The molecule has 0 aliphatic rings. The van der Waals surface area contributed by atoms with Gasteiger partial charge in [0, 0.05) is 31.1 Å². The second kappa shape index (κ2) is 5.84. The van der Waals surface area contributed by atoms with E-state index in [0.717, 1.165) is 11.3 Å². The number of nitrogens with zero attached hydrogens (tertiary/aromatic N) is 5. The lowest BCUT2D eigenvalue weighted by Crippen LogP contribution is -1.96. The summed E-state index contributed by atoms with van der Waals surface area (Å²) < 4.78 is 7.40. The highest BCUT2D eigenvalue weighted by Crippen LogP contribution is 2.27. The van der Waals surface area contributed by atoms with Crippen LogP contribution in [0, 0.1) is 17.0 Å². The van der Waals surface area contributed by atoms with Gasteiger partial charge >= 0.3 is 5.82 Å². The van der Waals surface area contributed by atoms with Gasteiger partial charge < -0.3 is 14.9 Å². The molecule has 23 heavy (non-hydrogen) atoms. The first kappa shape index (κ1) is 14.6. The number of ether oxygens (including phenoxy) is 1. The third-order valence-corrected chi connectivity index (χ3v) is 3.17. The van der Waals surface area contributed by atoms with Crippen molar-refractivity contribution in [3.05, 3.63) is 58.7 Å². The van der Waals surface area contributed by atoms with Gasteiger partial charge in [-0.1, -0.05) is 0 Å². The van der Waals surface area contributed by atoms with E-state index in [1.165, 1.54) is 6.20 Å². The first-order chi connectivity index (χ1) is 11.0. The van der Waals surface area contributed by atoms with Gasteiger partial charge in [-0.3, -0.25) is 9.67 Å². The van der Waals surface area contributed by atoms with Gasteiger partial charge in [0.05, 0.1) is 17.5 Å². The fraction of sp³-hybridized carbons (Fsp3) is 0.133. The molecule has 0 radical (unpaired) electrons. The molecule has 0 unspecified atom stereocenters. The van der Waals surface area contributed by atoms with Crippen molar-refractivity contribution in [2.75, 3.05) is 0 Å². The van der Waals surface area contributed by atoms with Crippen LogP contribution >= 0.6 is 0 Å². The topological polar surface area (TPSA) is 96.0 Å². The molecule has 0 amide bonds. The molecule has 0 aliphatic heterocycles. The fourth-order valence-corrected chi connectivity index (χ4v) is 2.11. The Labute approximate surface area is 131 Å². The normalized spacial score (nSPS) is 10.5. The van der Waals surface area contributed by atoms with Crippen LogP contribution in [0.25, 0.3) is 11.3 Å². The maximum Gasteiger partial charge on any atom is 0.366 e. The largest absolute Gasteiger partial charge is 0.453 e. The van der Waals surface area contributed by atoms with Crippen molar-refractivity contribution in [2.24, 2.45) is 7.05 Å². The lowest BCUT2D eigenvalue weighted by molar-refractivity contribution is -0.390. The Hall–Kier alpha value is -3.29. The van der Waals surface area contributed by atoms with E-state index in [1.807, 2.05) is 13.2 Å². The third kappa shape index (κ3) is 3.15. The molecule has 0 atom stereocenters. The molecular weight excluding hydrogens is 298 g/mol. The summed E-state index contributed by atoms with van der Waals surface area (Å²) in [6.45, 7) is 1.62. The smallest absolute Gasteiger partial charge is 0.366 e. The summed E-state index contributed by atoms with van der Waals surface area (Å²) in [5, 5.41) is 14.9. The number of pyridine rings is 2. The molecule has 0 N–H and O–H groups in total. The number of nitro groups is 1. The van der Waals surface area contributed by atoms with Crippen molar-refractivity contribution in [1.82, 2.24) is 19.7 Å². The molecule has 0 fully saturated rings. The zero-order valence-corrected chi connectivity index (χ0v) is 12.5. The molecule has 0 aromatic carbocycles. The fourth-order valence-electron chi connectivity index (χ4n) is 2.11. The molecule has 3 aromatic rings. The highest BCUT2D eigenvalue weighted by atomic mass is 16.6. The van der Waals surface area contributed by atoms with E-state index < -0.39 is 4.92 Å². The minimum atomic E-state index is -0.522. The van der Waals surface area contributed by atoms with Crippen molar-refractivity contribution in [3.63, 3.8) is 0 Å². The van der Waals surface area contributed by atoms with Crippen LogP contribution in [0.4, 0.5) is 5.82 Å². The van der Waals surface area contributed by atoms with Crippen LogP contribution in [0.2, 0.25) is 0 Å². The lowest BCUT2D eigenvalue weighted by Gasteiger charge is -2.06. The lowest BCUT2D eigenvalue weighted by atomic mass is 10.2. The van der Waals surface area contributed by atoms with E-state index in [1.54, 1.807) is 42.2 Å². The molecule has 0 bridgehead atoms. The van der Waals surface area contributed by atoms with Crippen LogP contribution in [0.3, 0.4) is 0 Å². The SMILES string of the molecule is Cc1cc(Oc2ccnc(-c3cnn(C)c3)c2)cnc1[N+](=O)[O-]. The van der Waals surface area contributed by atoms with Crippen LogP contribution in [-0.4, -0.2) is 24.7 Å². The highest BCUT2D eigenvalue weighted by molar-refractivity contribution is 5.58. The van der Waals surface area contributed by atoms with Gasteiger partial charge in [0.2, 0.25) is 0 Å². The zero-order valence-electron chi connectivity index (χ0n) is 12.5. The van der Waals surface area contributed by atoms with E-state index in [2.05, 4.69) is 15.1 Å². The van der Waals surface area contributed by atoms with Gasteiger partial charge in [-0.15, -0.1) is 0 Å². The Bertz CT molecular complexity index is 875. The average molecular weight is 311 g/mol. The maximum atomic E-state index is 10.8. The van der Waals surface area contributed by atoms with E-state index in [-0.39, 0.29) is 5.82 Å². The minimum Gasteiger partial charge on any atom is -0.453 e. The van der Waals surface area contributed by atoms with Crippen LogP contribution in [-0.2, 0) is 7.05 Å². The molecule has 8 heteroatoms. The summed E-state index contributed by atoms with van der Waals surface area (Å²) in [5.74, 6) is 0.813. The quantitative estimate of drug-likeness (QED) is 0.543. The van der Waals surface area contributed by atoms with E-state index in [0.29, 0.717) is 17.1 Å². The molecule has 0 saturated carbocycles. The number of rotatable bonds is 4. The van der Waals surface area contributed by atoms with Gasteiger partial charge in [-0.2, -0.15) is 5.10 Å². The van der Waals surface area contributed by atoms with Crippen LogP contribution in [0.1, 0.15) is 5.56 Å². The number of hydrogen-bond acceptors (Lipinski definition) is 6.